The van der Waals surface area contributed by atoms with Crippen molar-refractivity contribution in [3.8, 4) is 0 Å². The molecule has 2 saturated heterocycles. The summed E-state index contributed by atoms with van der Waals surface area (Å²) in [6.45, 7) is 1.17. The summed E-state index contributed by atoms with van der Waals surface area (Å²) < 4.78 is 84.3. The van der Waals surface area contributed by atoms with Gasteiger partial charge in [-0.15, -0.1) is 0 Å². The van der Waals surface area contributed by atoms with Crippen molar-refractivity contribution in [2.24, 2.45) is 0 Å². The standard InChI is InChI=1S/C12H21F3N2O4S2/c13-12(14,15)3-10-23(20,21)17-6-4-16(5-7-17)11-1-8-22(18,19)9-2-11/h11H,1-10H2. The third-order valence-corrected chi connectivity index (χ3v) is 7.94. The van der Waals surface area contributed by atoms with Crippen molar-refractivity contribution in [3.05, 3.63) is 0 Å². The van der Waals surface area contributed by atoms with Gasteiger partial charge in [0.05, 0.1) is 23.7 Å². The minimum atomic E-state index is -4.48. The molecule has 0 aliphatic carbocycles. The smallest absolute Gasteiger partial charge is 0.298 e. The molecule has 23 heavy (non-hydrogen) atoms. The molecule has 2 aliphatic heterocycles. The van der Waals surface area contributed by atoms with E-state index in [9.17, 15) is 30.0 Å². The zero-order chi connectivity index (χ0) is 17.3. The first-order valence-electron chi connectivity index (χ1n) is 7.48. The third-order valence-electron chi connectivity index (χ3n) is 4.35. The van der Waals surface area contributed by atoms with Gasteiger partial charge in [-0.2, -0.15) is 17.5 Å². The van der Waals surface area contributed by atoms with Crippen molar-refractivity contribution in [2.45, 2.75) is 31.5 Å². The molecular weight excluding hydrogens is 357 g/mol. The number of alkyl halides is 3. The number of sulfone groups is 1. The number of nitrogens with zero attached hydrogens (tertiary/aromatic N) is 2. The lowest BCUT2D eigenvalue weighted by Gasteiger charge is -2.40. The zero-order valence-electron chi connectivity index (χ0n) is 12.6. The summed E-state index contributed by atoms with van der Waals surface area (Å²) >= 11 is 0. The maximum absolute atomic E-state index is 12.2. The maximum atomic E-state index is 12.2. The molecular formula is C12H21F3N2O4S2. The van der Waals surface area contributed by atoms with Crippen LogP contribution in [0.3, 0.4) is 0 Å². The second kappa shape index (κ2) is 6.85. The highest BCUT2D eigenvalue weighted by Crippen LogP contribution is 2.23. The molecule has 0 spiro atoms. The highest BCUT2D eigenvalue weighted by Gasteiger charge is 2.35. The minimum absolute atomic E-state index is 0.110. The first-order chi connectivity index (χ1) is 10.5. The van der Waals surface area contributed by atoms with E-state index in [4.69, 9.17) is 0 Å². The maximum Gasteiger partial charge on any atom is 0.390 e. The molecule has 0 aromatic heterocycles. The van der Waals surface area contributed by atoms with Crippen molar-refractivity contribution in [3.63, 3.8) is 0 Å². The Morgan fingerprint density at radius 3 is 2.00 bits per heavy atom. The molecule has 6 nitrogen and oxygen atoms in total. The number of piperazine rings is 1. The van der Waals surface area contributed by atoms with Crippen molar-refractivity contribution in [1.82, 2.24) is 9.21 Å². The molecule has 0 N–H and O–H groups in total. The van der Waals surface area contributed by atoms with Crippen LogP contribution in [-0.2, 0) is 19.9 Å². The van der Waals surface area contributed by atoms with Gasteiger partial charge in [-0.25, -0.2) is 16.8 Å². The lowest BCUT2D eigenvalue weighted by Crippen LogP contribution is -2.53. The molecule has 0 aromatic carbocycles. The van der Waals surface area contributed by atoms with Crippen molar-refractivity contribution in [2.75, 3.05) is 43.4 Å². The van der Waals surface area contributed by atoms with Gasteiger partial charge in [0.15, 0.2) is 0 Å². The van der Waals surface area contributed by atoms with Crippen LogP contribution >= 0.6 is 0 Å². The van der Waals surface area contributed by atoms with Crippen LogP contribution in [0.1, 0.15) is 19.3 Å². The molecule has 0 aromatic rings. The van der Waals surface area contributed by atoms with Crippen molar-refractivity contribution in [1.29, 1.82) is 0 Å². The average Bonchev–Trinajstić information content (AvgIpc) is 2.45. The first-order valence-corrected chi connectivity index (χ1v) is 10.9. The fraction of sp³-hybridized carbons (Fsp3) is 1.00. The summed E-state index contributed by atoms with van der Waals surface area (Å²) in [5.41, 5.74) is 0. The number of hydrogen-bond acceptors (Lipinski definition) is 5. The van der Waals surface area contributed by atoms with Crippen LogP contribution in [0.5, 0.6) is 0 Å². The molecule has 0 amide bonds. The van der Waals surface area contributed by atoms with E-state index in [2.05, 4.69) is 0 Å². The van der Waals surface area contributed by atoms with Gasteiger partial charge in [0.1, 0.15) is 9.84 Å². The van der Waals surface area contributed by atoms with Crippen molar-refractivity contribution >= 4 is 19.9 Å². The summed E-state index contributed by atoms with van der Waals surface area (Å²) in [6.07, 6.45) is -4.76. The summed E-state index contributed by atoms with van der Waals surface area (Å²) in [7, 11) is -6.85. The van der Waals surface area contributed by atoms with Gasteiger partial charge in [0.2, 0.25) is 10.0 Å². The fourth-order valence-corrected chi connectivity index (χ4v) is 5.90. The Morgan fingerprint density at radius 2 is 1.52 bits per heavy atom. The van der Waals surface area contributed by atoms with Gasteiger partial charge in [-0.1, -0.05) is 0 Å². The van der Waals surface area contributed by atoms with Gasteiger partial charge in [-0.05, 0) is 12.8 Å². The summed E-state index contributed by atoms with van der Waals surface area (Å²) in [5, 5.41) is 0. The average molecular weight is 378 g/mol. The van der Waals surface area contributed by atoms with Gasteiger partial charge in [-0.3, -0.25) is 4.90 Å². The van der Waals surface area contributed by atoms with E-state index in [-0.39, 0.29) is 30.6 Å². The molecule has 0 bridgehead atoms. The Hall–Kier alpha value is -0.390. The van der Waals surface area contributed by atoms with Crippen LogP contribution < -0.4 is 0 Å². The highest BCUT2D eigenvalue weighted by atomic mass is 32.2. The molecule has 11 heteroatoms. The second-order valence-corrected chi connectivity index (χ2v) is 10.4. The quantitative estimate of drug-likeness (QED) is 0.711. The monoisotopic (exact) mass is 378 g/mol. The van der Waals surface area contributed by atoms with Crippen LogP contribution in [0, 0.1) is 0 Å². The predicted molar refractivity (Wildman–Crippen MR) is 79.3 cm³/mol. The van der Waals surface area contributed by atoms with E-state index in [0.717, 1.165) is 4.31 Å². The molecule has 2 rings (SSSR count). The number of rotatable bonds is 4. The topological polar surface area (TPSA) is 74.8 Å². The van der Waals surface area contributed by atoms with Crippen LogP contribution in [0.4, 0.5) is 13.2 Å². The molecule has 0 unspecified atom stereocenters. The normalized spacial score (nSPS) is 25.5. The SMILES string of the molecule is O=S1(=O)CCC(N2CCN(S(=O)(=O)CCC(F)(F)F)CC2)CC1. The van der Waals surface area contributed by atoms with E-state index < -0.39 is 38.2 Å². The minimum Gasteiger partial charge on any atom is -0.298 e. The second-order valence-electron chi connectivity index (χ2n) is 6.00. The Bertz CT molecular complexity index is 597. The van der Waals surface area contributed by atoms with Crippen LogP contribution in [0.2, 0.25) is 0 Å². The predicted octanol–water partition coefficient (Wildman–Crippen LogP) is 0.463. The lowest BCUT2D eigenvalue weighted by atomic mass is 10.1. The van der Waals surface area contributed by atoms with Crippen LogP contribution in [0.15, 0.2) is 0 Å². The molecule has 0 atom stereocenters. The Labute approximate surface area is 134 Å². The number of hydrogen-bond donors (Lipinski definition) is 0. The Balaban J connectivity index is 1.84. The summed E-state index contributed by atoms with van der Waals surface area (Å²) in [4.78, 5) is 2.05. The van der Waals surface area contributed by atoms with Gasteiger partial charge < -0.3 is 0 Å². The van der Waals surface area contributed by atoms with E-state index in [0.29, 0.717) is 25.9 Å². The van der Waals surface area contributed by atoms with Crippen LogP contribution in [-0.4, -0.2) is 81.7 Å². The highest BCUT2D eigenvalue weighted by molar-refractivity contribution is 7.91. The van der Waals surface area contributed by atoms with E-state index in [1.807, 2.05) is 4.90 Å². The molecule has 0 saturated carbocycles. The molecule has 2 heterocycles. The molecule has 136 valence electrons. The van der Waals surface area contributed by atoms with E-state index in [1.54, 1.807) is 0 Å². The number of halogens is 3. The zero-order valence-corrected chi connectivity index (χ0v) is 14.3. The van der Waals surface area contributed by atoms with Gasteiger partial charge >= 0.3 is 6.18 Å². The van der Waals surface area contributed by atoms with Gasteiger partial charge in [0, 0.05) is 32.2 Å². The molecule has 2 aliphatic rings. The largest absolute Gasteiger partial charge is 0.390 e. The van der Waals surface area contributed by atoms with E-state index >= 15 is 0 Å². The number of sulfonamides is 1. The third kappa shape index (κ3) is 5.57. The van der Waals surface area contributed by atoms with Crippen molar-refractivity contribution < 1.29 is 30.0 Å². The van der Waals surface area contributed by atoms with Crippen LogP contribution in [0.25, 0.3) is 0 Å². The fourth-order valence-electron chi connectivity index (χ4n) is 2.96. The summed E-state index contributed by atoms with van der Waals surface area (Å²) in [5.74, 6) is -0.637. The van der Waals surface area contributed by atoms with E-state index in [1.165, 1.54) is 0 Å². The molecule has 2 fully saturated rings. The van der Waals surface area contributed by atoms with Gasteiger partial charge in [0.25, 0.3) is 0 Å². The molecule has 0 radical (unpaired) electrons. The Kier molecular flexibility index (Phi) is 5.64. The Morgan fingerprint density at radius 1 is 1.00 bits per heavy atom. The lowest BCUT2D eigenvalue weighted by molar-refractivity contribution is -0.130. The first kappa shape index (κ1) is 18.9. The summed E-state index contributed by atoms with van der Waals surface area (Å²) in [6, 6.07) is 0.110.